The molecule has 0 saturated carbocycles. The van der Waals surface area contributed by atoms with E-state index < -0.39 is 27.7 Å². The molecule has 154 valence electrons. The van der Waals surface area contributed by atoms with Crippen LogP contribution in [0.1, 0.15) is 6.99 Å². The Morgan fingerprint density at radius 2 is 1.00 bits per heavy atom. The van der Waals surface area contributed by atoms with Crippen LogP contribution in [0, 0.1) is 0 Å². The van der Waals surface area contributed by atoms with Crippen LogP contribution in [0.5, 0.6) is 0 Å². The van der Waals surface area contributed by atoms with Gasteiger partial charge in [-0.05, 0) is 11.6 Å². The van der Waals surface area contributed by atoms with Gasteiger partial charge in [-0.3, -0.25) is 0 Å². The Kier molecular flexibility index (Phi) is 18.9. The summed E-state index contributed by atoms with van der Waals surface area (Å²) in [7, 11) is -18.0. The molecule has 0 aromatic heterocycles. The van der Waals surface area contributed by atoms with Gasteiger partial charge in [0.15, 0.2) is 0 Å². The Balaban J connectivity index is -0.0000000896. The fourth-order valence-corrected chi connectivity index (χ4v) is 0.732. The van der Waals surface area contributed by atoms with Gasteiger partial charge in [0, 0.05) is 6.08 Å². The smallest absolute Gasteiger partial charge is 1.00 e. The molecular formula is C9H9B3F12LiO2-3. The topological polar surface area (TPSA) is 37.3 Å². The van der Waals surface area contributed by atoms with Gasteiger partial charge >= 0.3 is 46.6 Å². The molecule has 2 nitrogen and oxygen atoms in total. The van der Waals surface area contributed by atoms with Gasteiger partial charge in [-0.2, -0.15) is 0 Å². The Labute approximate surface area is 158 Å². The Bertz CT molecular complexity index is 477. The van der Waals surface area contributed by atoms with Gasteiger partial charge < -0.3 is 58.3 Å². The van der Waals surface area contributed by atoms with Crippen molar-refractivity contribution in [2.45, 2.75) is 0 Å². The first-order valence-electron chi connectivity index (χ1n) is 5.87. The maximum absolute atomic E-state index is 10.1. The van der Waals surface area contributed by atoms with Crippen molar-refractivity contribution >= 4 is 33.8 Å². The molecular weight excluding hydrogens is 407 g/mol. The maximum Gasteiger partial charge on any atom is 1.00 e. The fourth-order valence-electron chi connectivity index (χ4n) is 0.732. The molecule has 27 heavy (non-hydrogen) atoms. The Morgan fingerprint density at radius 1 is 0.741 bits per heavy atom. The first-order chi connectivity index (χ1) is 11.3. The van der Waals surface area contributed by atoms with Crippen LogP contribution in [-0.2, 0) is 4.79 Å². The average Bonchev–Trinajstić information content (AvgIpc) is 2.31. The molecule has 0 spiro atoms. The predicted molar refractivity (Wildman–Crippen MR) is 74.8 cm³/mol. The van der Waals surface area contributed by atoms with Crippen molar-refractivity contribution in [1.82, 2.24) is 0 Å². The van der Waals surface area contributed by atoms with E-state index in [1.165, 1.54) is 0 Å². The fraction of sp³-hybridized carbons (Fsp3) is 0. The maximum atomic E-state index is 10.1. The average molecular weight is 417 g/mol. The number of benzene rings is 1. The Morgan fingerprint density at radius 3 is 1.22 bits per heavy atom. The van der Waals surface area contributed by atoms with Gasteiger partial charge in [-0.1, -0.05) is 30.3 Å². The van der Waals surface area contributed by atoms with Gasteiger partial charge in [0.1, 0.15) is 0 Å². The molecule has 0 fully saturated rings. The van der Waals surface area contributed by atoms with Crippen LogP contribution in [0.3, 0.4) is 0 Å². The van der Waals surface area contributed by atoms with E-state index in [1.54, 1.807) is 6.08 Å². The van der Waals surface area contributed by atoms with Crippen molar-refractivity contribution in [3.63, 3.8) is 0 Å². The third-order valence-corrected chi connectivity index (χ3v) is 1.22. The van der Waals surface area contributed by atoms with Crippen LogP contribution < -0.4 is 18.9 Å². The second-order valence-corrected chi connectivity index (χ2v) is 3.57. The van der Waals surface area contributed by atoms with Crippen molar-refractivity contribution in [1.29, 1.82) is 0 Å². The predicted octanol–water partition coefficient (Wildman–Crippen LogP) is 2.80. The number of halogens is 12. The summed E-state index contributed by atoms with van der Waals surface area (Å²) in [5.74, 6) is -0.922. The molecule has 0 atom stereocenters. The number of rotatable bonds is 2. The van der Waals surface area contributed by atoms with E-state index in [0.717, 1.165) is 11.6 Å². The van der Waals surface area contributed by atoms with Gasteiger partial charge in [0.05, 0.1) is 0 Å². The summed E-state index contributed by atoms with van der Waals surface area (Å²) in [6, 6.07) is 9.31. The van der Waals surface area contributed by atoms with Crippen LogP contribution in [0.25, 0.3) is 6.08 Å². The van der Waals surface area contributed by atoms with Crippen LogP contribution in [0.2, 0.25) is 0 Å². The minimum atomic E-state index is -6.00. The second-order valence-electron chi connectivity index (χ2n) is 3.57. The molecule has 0 aliphatic rings. The van der Waals surface area contributed by atoms with E-state index in [1.807, 2.05) is 30.3 Å². The molecule has 0 bridgehead atoms. The number of carboxylic acid groups (broad SMARTS) is 1. The minimum absolute atomic E-state index is 0. The van der Waals surface area contributed by atoms with Crippen LogP contribution in [0.15, 0.2) is 36.4 Å². The quantitative estimate of drug-likeness (QED) is 0.457. The van der Waals surface area contributed by atoms with Crippen molar-refractivity contribution in [2.24, 2.45) is 0 Å². The molecule has 0 aliphatic heterocycles. The summed E-state index contributed by atoms with van der Waals surface area (Å²) < 4.78 is 117. The van der Waals surface area contributed by atoms with E-state index in [9.17, 15) is 56.6 Å². The van der Waals surface area contributed by atoms with Crippen molar-refractivity contribution in [2.75, 3.05) is 0 Å². The normalized spacial score (nSPS) is 10.8. The van der Waals surface area contributed by atoms with E-state index in [0.29, 0.717) is 0 Å². The molecule has 0 unspecified atom stereocenters. The molecule has 1 rings (SSSR count). The monoisotopic (exact) mass is 417 g/mol. The first kappa shape index (κ1) is 33.0. The zero-order valence-electron chi connectivity index (χ0n) is 14.2. The third-order valence-electron chi connectivity index (χ3n) is 1.22. The van der Waals surface area contributed by atoms with E-state index in [2.05, 4.69) is 0 Å². The molecule has 0 heterocycles. The van der Waals surface area contributed by atoms with Gasteiger partial charge in [0.2, 0.25) is 0 Å². The molecule has 18 heteroatoms. The van der Waals surface area contributed by atoms with Crippen LogP contribution in [-0.4, -0.2) is 32.8 Å². The first-order valence-corrected chi connectivity index (χ1v) is 5.87. The number of carboxylic acids is 1. The van der Waals surface area contributed by atoms with Crippen LogP contribution >= 0.6 is 0 Å². The molecule has 0 radical (unpaired) electrons. The van der Waals surface area contributed by atoms with Crippen molar-refractivity contribution in [3.8, 4) is 0 Å². The summed E-state index contributed by atoms with van der Waals surface area (Å²) in [5.41, 5.74) is 0.898. The summed E-state index contributed by atoms with van der Waals surface area (Å²) in [5, 5.41) is 8.29. The summed E-state index contributed by atoms with van der Waals surface area (Å²) in [4.78, 5) is 10.1. The third kappa shape index (κ3) is 94.3. The van der Waals surface area contributed by atoms with Crippen molar-refractivity contribution in [3.05, 3.63) is 42.0 Å². The van der Waals surface area contributed by atoms with Gasteiger partial charge in [-0.25, -0.2) is 4.79 Å². The number of hydrogen-bond donors (Lipinski definition) is 1. The largest absolute Gasteiger partial charge is 1.00 e. The SMILES string of the molecule is F[B-](F)(F)F.F[B-](F)(F)F.F[B-](F)(F)F.O=C(O)C=Cc1ccccc1.[H-].[Li+]. The summed E-state index contributed by atoms with van der Waals surface area (Å²) >= 11 is 0. The number of aliphatic carboxylic acids is 1. The molecule has 0 saturated heterocycles. The van der Waals surface area contributed by atoms with E-state index in [-0.39, 0.29) is 20.3 Å². The van der Waals surface area contributed by atoms with E-state index >= 15 is 0 Å². The molecule has 0 aliphatic carbocycles. The van der Waals surface area contributed by atoms with E-state index in [4.69, 9.17) is 5.11 Å². The van der Waals surface area contributed by atoms with Crippen molar-refractivity contribution < 1.29 is 82.0 Å². The zero-order valence-corrected chi connectivity index (χ0v) is 13.2. The standard InChI is InChI=1S/C9H8O2.3BF4.Li.H/c10-9(11)7-6-8-4-2-1-3-5-8;3*2-1(3,4)5;;/h1-7H,(H,10,11);;;;;/q;3*-1;+1;-1. The van der Waals surface area contributed by atoms with Gasteiger partial charge in [0.25, 0.3) is 0 Å². The Hall–Kier alpha value is -1.62. The zero-order chi connectivity index (χ0) is 21.6. The number of carbonyl (C=O) groups is 1. The van der Waals surface area contributed by atoms with Crippen LogP contribution in [0.4, 0.5) is 51.8 Å². The second kappa shape index (κ2) is 15.4. The summed E-state index contributed by atoms with van der Waals surface area (Å²) in [6.07, 6.45) is 2.68. The summed E-state index contributed by atoms with van der Waals surface area (Å²) in [6.45, 7) is 0. The molecule has 1 aromatic carbocycles. The van der Waals surface area contributed by atoms with Gasteiger partial charge in [-0.15, -0.1) is 0 Å². The molecule has 1 aromatic rings. The molecule has 1 N–H and O–H groups in total. The molecule has 0 amide bonds. The number of hydrogen-bond acceptors (Lipinski definition) is 1. The minimum Gasteiger partial charge on any atom is -1.00 e.